The fourth-order valence-electron chi connectivity index (χ4n) is 10.3. The molecule has 1 aromatic heterocycles. The maximum atomic E-state index is 11.7. The molecule has 192 valence electrons. The molecule has 3 aliphatic heterocycles. The van der Waals surface area contributed by atoms with Gasteiger partial charge in [0.15, 0.2) is 0 Å². The van der Waals surface area contributed by atoms with Crippen LogP contribution in [0.4, 0.5) is 0 Å². The van der Waals surface area contributed by atoms with Crippen molar-refractivity contribution < 1.29 is 9.84 Å². The van der Waals surface area contributed by atoms with Crippen molar-refractivity contribution in [1.29, 1.82) is 0 Å². The number of rotatable bonds is 2. The van der Waals surface area contributed by atoms with E-state index in [0.29, 0.717) is 23.9 Å². The fraction of sp³-hybridized carbons (Fsp3) is 0.594. The second-order valence-corrected chi connectivity index (χ2v) is 13.8. The van der Waals surface area contributed by atoms with Crippen LogP contribution in [0.15, 0.2) is 60.0 Å². The Kier molecular flexibility index (Phi) is 4.09. The summed E-state index contributed by atoms with van der Waals surface area (Å²) in [5.74, 6) is 1.94. The number of ether oxygens (including phenoxy) is 1. The lowest BCUT2D eigenvalue weighted by Crippen LogP contribution is -2.63. The van der Waals surface area contributed by atoms with E-state index in [0.717, 1.165) is 56.5 Å². The average Bonchev–Trinajstić information content (AvgIpc) is 3.54. The minimum Gasteiger partial charge on any atom is -0.392 e. The first-order valence-electron chi connectivity index (χ1n) is 14.5. The van der Waals surface area contributed by atoms with Crippen molar-refractivity contribution in [2.75, 3.05) is 13.1 Å². The molecule has 3 N–H and O–H groups in total. The summed E-state index contributed by atoms with van der Waals surface area (Å²) in [5.41, 5.74) is 10.1. The molecule has 5 nitrogen and oxygen atoms in total. The lowest BCUT2D eigenvalue weighted by Gasteiger charge is -2.55. The molecule has 37 heavy (non-hydrogen) atoms. The largest absolute Gasteiger partial charge is 0.392 e. The van der Waals surface area contributed by atoms with Crippen LogP contribution in [-0.4, -0.2) is 57.5 Å². The zero-order valence-electron chi connectivity index (χ0n) is 21.6. The van der Waals surface area contributed by atoms with Gasteiger partial charge >= 0.3 is 0 Å². The smallest absolute Gasteiger partial charge is 0.0975 e. The average molecular weight is 496 g/mol. The highest BCUT2D eigenvalue weighted by Gasteiger charge is 2.71. The summed E-state index contributed by atoms with van der Waals surface area (Å²) in [7, 11) is 0. The summed E-state index contributed by atoms with van der Waals surface area (Å²) < 4.78 is 7.52. The van der Waals surface area contributed by atoms with Gasteiger partial charge in [-0.05, 0) is 90.0 Å². The molecule has 9 atom stereocenters. The summed E-state index contributed by atoms with van der Waals surface area (Å²) in [5, 5.41) is 14.0. The Balaban J connectivity index is 1.11. The van der Waals surface area contributed by atoms with Gasteiger partial charge in [0.1, 0.15) is 0 Å². The quantitative estimate of drug-likeness (QED) is 0.650. The monoisotopic (exact) mass is 495 g/mol. The zero-order valence-corrected chi connectivity index (χ0v) is 21.6. The Hall–Kier alpha value is -2.05. The van der Waals surface area contributed by atoms with E-state index in [2.05, 4.69) is 53.2 Å². The van der Waals surface area contributed by atoms with E-state index in [1.54, 1.807) is 5.57 Å². The number of nitrogens with zero attached hydrogens (tertiary/aromatic N) is 2. The van der Waals surface area contributed by atoms with Crippen molar-refractivity contribution in [1.82, 2.24) is 9.88 Å². The molecular weight excluding hydrogens is 458 g/mol. The molecule has 2 aromatic rings. The maximum Gasteiger partial charge on any atom is 0.0975 e. The van der Waals surface area contributed by atoms with Crippen molar-refractivity contribution in [3.05, 3.63) is 65.5 Å². The molecule has 2 saturated heterocycles. The third-order valence-electron chi connectivity index (χ3n) is 12.0. The Labute approximate surface area is 218 Å². The molecule has 1 unspecified atom stereocenters. The normalized spacial score (nSPS) is 47.9. The highest BCUT2D eigenvalue weighted by atomic mass is 16.5. The summed E-state index contributed by atoms with van der Waals surface area (Å²) in [6, 6.07) is 9.76. The standard InChI is InChI=1S/C32H37N3O2/c1-30-6-4-21-11-25-23-12-24(23)26(35-16-22(33)17-35)14-31(25)7-8-32(21,37-31)28(30)13-27(36)29(30)19-3-2-18-5-9-34-15-20(18)10-19/h2-5,9-11,15,22-24,26-29,36H,6-8,12-14,16-17,33H2,1H3/t23-,24+,26-,27+,28+,29-,30-,31+,32?/m0/s1. The van der Waals surface area contributed by atoms with Gasteiger partial charge in [-0.3, -0.25) is 9.88 Å². The van der Waals surface area contributed by atoms with Crippen LogP contribution in [-0.2, 0) is 4.74 Å². The van der Waals surface area contributed by atoms with E-state index in [-0.39, 0.29) is 28.6 Å². The first-order chi connectivity index (χ1) is 17.9. The van der Waals surface area contributed by atoms with Crippen molar-refractivity contribution in [2.45, 2.75) is 80.8 Å². The Bertz CT molecular complexity index is 1400. The summed E-state index contributed by atoms with van der Waals surface area (Å²) in [4.78, 5) is 7.00. The fourth-order valence-corrected chi connectivity index (χ4v) is 10.3. The minimum atomic E-state index is -0.355. The molecule has 4 heterocycles. The summed E-state index contributed by atoms with van der Waals surface area (Å²) in [6.07, 6.45) is 15.0. The van der Waals surface area contributed by atoms with Crippen LogP contribution in [0, 0.1) is 23.2 Å². The van der Waals surface area contributed by atoms with Gasteiger partial charge in [-0.25, -0.2) is 0 Å². The Morgan fingerprint density at radius 3 is 2.89 bits per heavy atom. The molecule has 2 spiro atoms. The molecule has 5 fully saturated rings. The van der Waals surface area contributed by atoms with Gasteiger partial charge in [-0.15, -0.1) is 0 Å². The third-order valence-corrected chi connectivity index (χ3v) is 12.0. The minimum absolute atomic E-state index is 0.0316. The first-order valence-corrected chi connectivity index (χ1v) is 14.5. The molecule has 2 bridgehead atoms. The number of pyridine rings is 1. The number of aliphatic hydroxyl groups is 1. The van der Waals surface area contributed by atoms with E-state index in [9.17, 15) is 5.11 Å². The number of aliphatic hydroxyl groups excluding tert-OH is 1. The third kappa shape index (κ3) is 2.67. The molecule has 9 rings (SSSR count). The van der Waals surface area contributed by atoms with E-state index in [1.165, 1.54) is 22.9 Å². The Morgan fingerprint density at radius 2 is 2.03 bits per heavy atom. The zero-order chi connectivity index (χ0) is 24.7. The van der Waals surface area contributed by atoms with E-state index >= 15 is 0 Å². The van der Waals surface area contributed by atoms with E-state index < -0.39 is 0 Å². The van der Waals surface area contributed by atoms with Gasteiger partial charge in [0, 0.05) is 54.8 Å². The molecule has 1 aromatic carbocycles. The van der Waals surface area contributed by atoms with Gasteiger partial charge < -0.3 is 15.6 Å². The number of nitrogens with two attached hydrogens (primary N) is 1. The van der Waals surface area contributed by atoms with Crippen LogP contribution < -0.4 is 5.73 Å². The lowest BCUT2D eigenvalue weighted by atomic mass is 9.58. The number of aromatic nitrogens is 1. The highest BCUT2D eigenvalue weighted by Crippen LogP contribution is 2.72. The van der Waals surface area contributed by atoms with Gasteiger partial charge in [-0.1, -0.05) is 31.2 Å². The number of likely N-dealkylation sites (tertiary alicyclic amines) is 1. The van der Waals surface area contributed by atoms with Crippen molar-refractivity contribution in [2.24, 2.45) is 28.9 Å². The SMILES string of the molecule is C[C@]12CC=C3C=C4[C@H]5C[C@H]5[C@@H](N5CC(N)C5)C[C@]45CCC3(O5)[C@@H]1C[C@@H](O)[C@@H]2c1ccc2ccncc2c1. The summed E-state index contributed by atoms with van der Waals surface area (Å²) >= 11 is 0. The maximum absolute atomic E-state index is 11.7. The molecule has 3 saturated carbocycles. The van der Waals surface area contributed by atoms with Gasteiger partial charge in [0.2, 0.25) is 0 Å². The van der Waals surface area contributed by atoms with Gasteiger partial charge in [0.25, 0.3) is 0 Å². The van der Waals surface area contributed by atoms with Crippen LogP contribution in [0.25, 0.3) is 10.8 Å². The number of fused-ring (bicyclic) bond motifs is 4. The molecule has 0 radical (unpaired) electrons. The topological polar surface area (TPSA) is 71.6 Å². The van der Waals surface area contributed by atoms with E-state index in [4.69, 9.17) is 10.5 Å². The molecule has 7 aliphatic rings. The van der Waals surface area contributed by atoms with Crippen LogP contribution >= 0.6 is 0 Å². The predicted molar refractivity (Wildman–Crippen MR) is 143 cm³/mol. The molecular formula is C32H37N3O2. The van der Waals surface area contributed by atoms with Crippen LogP contribution in [0.2, 0.25) is 0 Å². The number of benzene rings is 1. The summed E-state index contributed by atoms with van der Waals surface area (Å²) in [6.45, 7) is 4.54. The van der Waals surface area contributed by atoms with Crippen LogP contribution in [0.5, 0.6) is 0 Å². The van der Waals surface area contributed by atoms with Crippen molar-refractivity contribution in [3.63, 3.8) is 0 Å². The number of hydrogen-bond donors (Lipinski definition) is 2. The Morgan fingerprint density at radius 1 is 1.14 bits per heavy atom. The van der Waals surface area contributed by atoms with Crippen LogP contribution in [0.3, 0.4) is 0 Å². The van der Waals surface area contributed by atoms with Crippen molar-refractivity contribution in [3.8, 4) is 0 Å². The molecule has 4 aliphatic carbocycles. The number of hydrogen-bond acceptors (Lipinski definition) is 5. The second kappa shape index (κ2) is 6.93. The van der Waals surface area contributed by atoms with Crippen LogP contribution in [0.1, 0.15) is 56.9 Å². The lowest BCUT2D eigenvalue weighted by molar-refractivity contribution is -0.144. The first kappa shape index (κ1) is 21.8. The van der Waals surface area contributed by atoms with Gasteiger partial charge in [-0.2, -0.15) is 0 Å². The molecule has 5 heteroatoms. The van der Waals surface area contributed by atoms with Crippen molar-refractivity contribution >= 4 is 10.8 Å². The molecule has 0 amide bonds. The predicted octanol–water partition coefficient (Wildman–Crippen LogP) is 4.31. The second-order valence-electron chi connectivity index (χ2n) is 13.8. The van der Waals surface area contributed by atoms with Gasteiger partial charge in [0.05, 0.1) is 17.3 Å². The number of allylic oxidation sites excluding steroid dienone is 1. The van der Waals surface area contributed by atoms with E-state index in [1.807, 2.05) is 12.4 Å². The highest BCUT2D eigenvalue weighted by molar-refractivity contribution is 5.82.